The Morgan fingerprint density at radius 2 is 1.65 bits per heavy atom. The number of nitrogens with one attached hydrogen (secondary N) is 1. The summed E-state index contributed by atoms with van der Waals surface area (Å²) in [6.07, 6.45) is 1.20. The number of amides is 5. The van der Waals surface area contributed by atoms with Crippen LogP contribution in [0.5, 0.6) is 0 Å². The third-order valence-corrected chi connectivity index (χ3v) is 6.45. The van der Waals surface area contributed by atoms with Crippen LogP contribution >= 0.6 is 11.8 Å². The van der Waals surface area contributed by atoms with Crippen molar-refractivity contribution in [2.45, 2.75) is 36.1 Å². The van der Waals surface area contributed by atoms with E-state index in [0.29, 0.717) is 0 Å². The van der Waals surface area contributed by atoms with Gasteiger partial charge in [-0.1, -0.05) is 0 Å². The number of thioether (sulfide) groups is 1. The van der Waals surface area contributed by atoms with Crippen LogP contribution in [0.15, 0.2) is 0 Å². The molecular weight excluding hydrogens is 364 g/mol. The summed E-state index contributed by atoms with van der Waals surface area (Å²) in [7, 11) is 2.54. The molecule has 0 aromatic rings. The van der Waals surface area contributed by atoms with Crippen LogP contribution in [0.2, 0.25) is 0 Å². The maximum Gasteiger partial charge on any atom is 0.332 e. The molecular formula is C15H18N4O6S. The predicted molar refractivity (Wildman–Crippen MR) is 86.3 cm³/mol. The molecule has 3 rings (SSSR count). The van der Waals surface area contributed by atoms with Crippen LogP contribution in [0, 0.1) is 5.92 Å². The van der Waals surface area contributed by atoms with Crippen LogP contribution in [-0.4, -0.2) is 86.9 Å². The van der Waals surface area contributed by atoms with E-state index in [9.17, 15) is 29.1 Å². The van der Waals surface area contributed by atoms with Gasteiger partial charge in [0.25, 0.3) is 23.8 Å². The maximum absolute atomic E-state index is 12.4. The average molecular weight is 382 g/mol. The van der Waals surface area contributed by atoms with Crippen molar-refractivity contribution in [1.29, 1.82) is 0 Å². The van der Waals surface area contributed by atoms with Gasteiger partial charge in [-0.05, 0) is 13.8 Å². The zero-order chi connectivity index (χ0) is 19.5. The van der Waals surface area contributed by atoms with Crippen LogP contribution in [0.1, 0.15) is 13.8 Å². The minimum atomic E-state index is -1.32. The molecule has 0 aliphatic carbocycles. The van der Waals surface area contributed by atoms with Gasteiger partial charge in [0, 0.05) is 18.8 Å². The van der Waals surface area contributed by atoms with Crippen LogP contribution < -0.4 is 10.1 Å². The molecule has 0 radical (unpaired) electrons. The van der Waals surface area contributed by atoms with Crippen molar-refractivity contribution in [1.82, 2.24) is 14.7 Å². The van der Waals surface area contributed by atoms with E-state index in [1.807, 2.05) is 0 Å². The number of hydrogen-bond acceptors (Lipinski definition) is 7. The average Bonchev–Trinajstić information content (AvgIpc) is 2.82. The third kappa shape index (κ3) is 2.41. The van der Waals surface area contributed by atoms with Crippen molar-refractivity contribution in [3.8, 4) is 0 Å². The number of urea groups is 1. The fourth-order valence-corrected chi connectivity index (χ4v) is 5.06. The van der Waals surface area contributed by atoms with E-state index in [-0.39, 0.29) is 0 Å². The summed E-state index contributed by atoms with van der Waals surface area (Å²) in [6.45, 7) is 3.43. The fraction of sp³-hybridized carbons (Fsp3) is 0.600. The van der Waals surface area contributed by atoms with E-state index >= 15 is 0 Å². The second kappa shape index (κ2) is 5.79. The van der Waals surface area contributed by atoms with Crippen molar-refractivity contribution in [3.05, 3.63) is 0 Å². The van der Waals surface area contributed by atoms with E-state index in [2.05, 4.69) is 4.99 Å². The first-order chi connectivity index (χ1) is 12.0. The Hall–Kier alpha value is -2.43. The van der Waals surface area contributed by atoms with Gasteiger partial charge in [-0.25, -0.2) is 9.79 Å². The Balaban J connectivity index is 1.80. The fourth-order valence-electron chi connectivity index (χ4n) is 3.43. The number of carboxylic acid groups (broad SMARTS) is 1. The van der Waals surface area contributed by atoms with Crippen LogP contribution in [0.25, 0.3) is 0 Å². The number of aliphatic carboxylic acids is 1. The lowest BCUT2D eigenvalue weighted by Gasteiger charge is -2.40. The van der Waals surface area contributed by atoms with Crippen LogP contribution in [0.4, 0.5) is 4.79 Å². The standard InChI is InChI=1S/C15H18N4O6S/c1-15(2)8(13(23)24)19-11(22)7(12(19)26-15)16-5-6-9(20)17(3)14(25)18(4)10(6)21/h5-8,12H,1-4H3,(H,23,24)/t7-,8+,12+/m0/s1. The number of fused-ring (bicyclic) bond motifs is 1. The largest absolute Gasteiger partial charge is 0.548 e. The van der Waals surface area contributed by atoms with Crippen LogP contribution in [-0.2, 0) is 19.2 Å². The Morgan fingerprint density at radius 3 is 2.15 bits per heavy atom. The quantitative estimate of drug-likeness (QED) is 0.299. The molecule has 26 heavy (non-hydrogen) atoms. The zero-order valence-electron chi connectivity index (χ0n) is 14.6. The highest BCUT2D eigenvalue weighted by Crippen LogP contribution is 2.49. The van der Waals surface area contributed by atoms with Gasteiger partial charge in [0.05, 0.1) is 12.0 Å². The predicted octanol–water partition coefficient (Wildman–Crippen LogP) is -4.01. The smallest absolute Gasteiger partial charge is 0.332 e. The molecule has 3 saturated heterocycles. The molecule has 3 heterocycles. The van der Waals surface area contributed by atoms with Crippen molar-refractivity contribution >= 4 is 47.7 Å². The maximum atomic E-state index is 12.4. The molecule has 0 spiro atoms. The number of imide groups is 2. The lowest BCUT2D eigenvalue weighted by atomic mass is 9.96. The Bertz CT molecular complexity index is 741. The van der Waals surface area contributed by atoms with E-state index in [0.717, 1.165) is 9.80 Å². The van der Waals surface area contributed by atoms with Gasteiger partial charge in [0.15, 0.2) is 17.5 Å². The number of hydrogen-bond donors (Lipinski definition) is 1. The van der Waals surface area contributed by atoms with Gasteiger partial charge in [-0.15, -0.1) is 11.8 Å². The first-order valence-corrected chi connectivity index (χ1v) is 8.76. The van der Waals surface area contributed by atoms with Gasteiger partial charge in [0.1, 0.15) is 0 Å². The molecule has 5 amide bonds. The lowest BCUT2D eigenvalue weighted by Crippen LogP contribution is -2.92. The molecule has 10 nitrogen and oxygen atoms in total. The second-order valence-electron chi connectivity index (χ2n) is 6.94. The molecule has 3 fully saturated rings. The topological polar surface area (TPSA) is 132 Å². The minimum Gasteiger partial charge on any atom is -0.548 e. The highest BCUT2D eigenvalue weighted by atomic mass is 32.2. The summed E-state index contributed by atoms with van der Waals surface area (Å²) in [5.41, 5.74) is 0. The molecule has 0 unspecified atom stereocenters. The van der Waals surface area contributed by atoms with Crippen molar-refractivity contribution in [2.75, 3.05) is 14.1 Å². The molecule has 0 aromatic carbocycles. The van der Waals surface area contributed by atoms with Gasteiger partial charge >= 0.3 is 6.03 Å². The molecule has 0 saturated carbocycles. The van der Waals surface area contributed by atoms with E-state index in [1.54, 1.807) is 13.8 Å². The third-order valence-electron chi connectivity index (χ3n) is 4.87. The first-order valence-electron chi connectivity index (χ1n) is 7.88. The van der Waals surface area contributed by atoms with Crippen molar-refractivity contribution < 1.29 is 34.1 Å². The van der Waals surface area contributed by atoms with E-state index < -0.39 is 57.8 Å². The number of rotatable bonds is 3. The summed E-state index contributed by atoms with van der Waals surface area (Å²) < 4.78 is -0.723. The molecule has 3 atom stereocenters. The number of β-lactam (4-membered cyclic amide) rings is 1. The monoisotopic (exact) mass is 382 g/mol. The molecule has 3 aliphatic heterocycles. The van der Waals surface area contributed by atoms with Crippen molar-refractivity contribution in [3.63, 3.8) is 0 Å². The van der Waals surface area contributed by atoms with E-state index in [1.165, 1.54) is 37.0 Å². The highest BCUT2D eigenvalue weighted by molar-refractivity contribution is 8.01. The number of nitrogens with zero attached hydrogens (tertiary/aromatic N) is 3. The summed E-state index contributed by atoms with van der Waals surface area (Å²) in [5.74, 6) is -4.38. The Morgan fingerprint density at radius 1 is 1.12 bits per heavy atom. The molecule has 140 valence electrons. The van der Waals surface area contributed by atoms with Gasteiger partial charge in [-0.2, -0.15) is 0 Å². The normalized spacial score (nSPS) is 31.7. The molecule has 1 N–H and O–H groups in total. The number of carboxylic acids is 1. The number of barbiturate groups is 1. The Kier molecular flexibility index (Phi) is 4.09. The first kappa shape index (κ1) is 18.4. The molecule has 0 aromatic heterocycles. The summed E-state index contributed by atoms with van der Waals surface area (Å²) >= 11 is 1.31. The molecule has 0 bridgehead atoms. The SMILES string of the molecule is CN1C(=O)C(C=[NH+][C@H]2C(=O)N3[C@@H]2SC(C)(C)[C@H]3C(=O)[O-])C(=O)N(C)C1=O. The summed E-state index contributed by atoms with van der Waals surface area (Å²) in [5, 5.41) is 10.9. The van der Waals surface area contributed by atoms with Crippen LogP contribution in [0.3, 0.4) is 0 Å². The Labute approximate surface area is 153 Å². The number of carbonyl (C=O) groups is 5. The van der Waals surface area contributed by atoms with Crippen molar-refractivity contribution in [2.24, 2.45) is 5.92 Å². The zero-order valence-corrected chi connectivity index (χ0v) is 15.4. The highest BCUT2D eigenvalue weighted by Gasteiger charge is 2.65. The lowest BCUT2D eigenvalue weighted by molar-refractivity contribution is -0.501. The van der Waals surface area contributed by atoms with Gasteiger partial charge < -0.3 is 14.8 Å². The number of carbonyl (C=O) groups excluding carboxylic acids is 5. The van der Waals surface area contributed by atoms with Gasteiger partial charge in [-0.3, -0.25) is 24.2 Å². The molecule has 11 heteroatoms. The minimum absolute atomic E-state index is 0.438. The second-order valence-corrected chi connectivity index (χ2v) is 8.72. The van der Waals surface area contributed by atoms with E-state index in [4.69, 9.17) is 0 Å². The summed E-state index contributed by atoms with van der Waals surface area (Å²) in [4.78, 5) is 65.5. The van der Waals surface area contributed by atoms with Gasteiger partial charge in [0.2, 0.25) is 0 Å². The molecule has 3 aliphatic rings. The summed E-state index contributed by atoms with van der Waals surface area (Å²) in [6, 6.07) is -2.52.